The second-order valence-electron chi connectivity index (χ2n) is 5.56. The third kappa shape index (κ3) is 3.44. The number of nitro benzene ring substituents is 1. The molecule has 1 N–H and O–H groups in total. The van der Waals surface area contributed by atoms with Crippen molar-refractivity contribution >= 4 is 28.2 Å². The summed E-state index contributed by atoms with van der Waals surface area (Å²) in [6.07, 6.45) is 1.78. The molecule has 0 bridgehead atoms. The summed E-state index contributed by atoms with van der Waals surface area (Å²) in [6, 6.07) is 11.3. The van der Waals surface area contributed by atoms with Crippen molar-refractivity contribution in [2.24, 2.45) is 0 Å². The minimum Gasteiger partial charge on any atom is -0.497 e. The van der Waals surface area contributed by atoms with Gasteiger partial charge >= 0.3 is 0 Å². The number of anilines is 1. The number of methoxy groups -OCH3 is 2. The van der Waals surface area contributed by atoms with Gasteiger partial charge in [0.25, 0.3) is 5.69 Å². The molecule has 8 heteroatoms. The van der Waals surface area contributed by atoms with E-state index in [1.807, 2.05) is 12.1 Å². The Bertz CT molecular complexity index is 980. The van der Waals surface area contributed by atoms with Crippen LogP contribution in [0.5, 0.6) is 11.5 Å². The molecule has 3 rings (SSSR count). The van der Waals surface area contributed by atoms with Crippen molar-refractivity contribution in [3.05, 3.63) is 58.8 Å². The highest BCUT2D eigenvalue weighted by Gasteiger charge is 2.13. The fourth-order valence-electron chi connectivity index (χ4n) is 2.71. The van der Waals surface area contributed by atoms with Crippen molar-refractivity contribution in [1.29, 1.82) is 0 Å². The molecule has 2 aromatic carbocycles. The van der Waals surface area contributed by atoms with Gasteiger partial charge in [0, 0.05) is 41.5 Å². The predicted molar refractivity (Wildman–Crippen MR) is 96.8 cm³/mol. The first kappa shape index (κ1) is 17.3. The molecule has 0 aliphatic rings. The fraction of sp³-hybridized carbons (Fsp3) is 0.167. The van der Waals surface area contributed by atoms with Gasteiger partial charge in [0.1, 0.15) is 18.0 Å². The molecule has 0 saturated heterocycles. The molecule has 0 radical (unpaired) electrons. The van der Waals surface area contributed by atoms with Crippen LogP contribution in [0.1, 0.15) is 0 Å². The summed E-state index contributed by atoms with van der Waals surface area (Å²) in [7, 11) is 3.13. The number of fused-ring (bicyclic) bond motifs is 1. The van der Waals surface area contributed by atoms with Gasteiger partial charge in [-0.25, -0.2) is 0 Å². The topological polar surface area (TPSA) is 95.6 Å². The minimum absolute atomic E-state index is 0.0442. The maximum absolute atomic E-state index is 12.3. The van der Waals surface area contributed by atoms with Gasteiger partial charge in [0.05, 0.1) is 24.7 Å². The number of rotatable bonds is 6. The molecule has 1 amide bonds. The number of hydrogen-bond acceptors (Lipinski definition) is 5. The van der Waals surface area contributed by atoms with E-state index in [0.29, 0.717) is 17.2 Å². The highest BCUT2D eigenvalue weighted by Crippen LogP contribution is 2.31. The quantitative estimate of drug-likeness (QED) is 0.541. The Hall–Kier alpha value is -3.55. The maximum atomic E-state index is 12.3. The van der Waals surface area contributed by atoms with E-state index in [9.17, 15) is 14.9 Å². The molecule has 134 valence electrons. The van der Waals surface area contributed by atoms with E-state index < -0.39 is 4.92 Å². The number of ether oxygens (including phenoxy) is 2. The second-order valence-corrected chi connectivity index (χ2v) is 5.56. The van der Waals surface area contributed by atoms with Crippen molar-refractivity contribution in [1.82, 2.24) is 4.57 Å². The van der Waals surface area contributed by atoms with Crippen LogP contribution in [0.2, 0.25) is 0 Å². The van der Waals surface area contributed by atoms with Crippen molar-refractivity contribution in [3.63, 3.8) is 0 Å². The molecule has 0 spiro atoms. The molecular weight excluding hydrogens is 338 g/mol. The first-order valence-electron chi connectivity index (χ1n) is 7.77. The Balaban J connectivity index is 1.83. The van der Waals surface area contributed by atoms with Crippen LogP contribution in [0.25, 0.3) is 10.9 Å². The number of carbonyl (C=O) groups is 1. The standard InChI is InChI=1S/C18H17N3O5/c1-25-14-9-16-15(17(10-14)26-2)6-7-20(16)11-18(22)19-12-4-3-5-13(8-12)21(23)24/h3-10H,11H2,1-2H3,(H,19,22). The first-order chi connectivity index (χ1) is 12.5. The molecule has 3 aromatic rings. The van der Waals surface area contributed by atoms with E-state index in [1.54, 1.807) is 37.1 Å². The first-order valence-corrected chi connectivity index (χ1v) is 7.77. The molecule has 0 aliphatic heterocycles. The van der Waals surface area contributed by atoms with E-state index >= 15 is 0 Å². The van der Waals surface area contributed by atoms with Crippen molar-refractivity contribution in [3.8, 4) is 11.5 Å². The van der Waals surface area contributed by atoms with Crippen LogP contribution in [0, 0.1) is 10.1 Å². The molecular formula is C18H17N3O5. The monoisotopic (exact) mass is 355 g/mol. The Labute approximate surface area is 149 Å². The Morgan fingerprint density at radius 3 is 2.69 bits per heavy atom. The molecule has 1 aromatic heterocycles. The van der Waals surface area contributed by atoms with Crippen LogP contribution >= 0.6 is 0 Å². The number of nitrogens with zero attached hydrogens (tertiary/aromatic N) is 2. The molecule has 0 saturated carbocycles. The van der Waals surface area contributed by atoms with Crippen LogP contribution in [0.3, 0.4) is 0 Å². The number of carbonyl (C=O) groups excluding carboxylic acids is 1. The number of amides is 1. The lowest BCUT2D eigenvalue weighted by molar-refractivity contribution is -0.384. The van der Waals surface area contributed by atoms with Gasteiger partial charge in [0.2, 0.25) is 5.91 Å². The number of nitro groups is 1. The zero-order valence-electron chi connectivity index (χ0n) is 14.3. The molecule has 0 unspecified atom stereocenters. The van der Waals surface area contributed by atoms with Gasteiger partial charge in [-0.1, -0.05) is 6.07 Å². The summed E-state index contributed by atoms with van der Waals surface area (Å²) >= 11 is 0. The lowest BCUT2D eigenvalue weighted by atomic mass is 10.2. The van der Waals surface area contributed by atoms with Crippen molar-refractivity contribution in [2.45, 2.75) is 6.54 Å². The maximum Gasteiger partial charge on any atom is 0.271 e. The lowest BCUT2D eigenvalue weighted by Crippen LogP contribution is -2.18. The Morgan fingerprint density at radius 1 is 1.19 bits per heavy atom. The van der Waals surface area contributed by atoms with Gasteiger partial charge in [0.15, 0.2) is 0 Å². The molecule has 8 nitrogen and oxygen atoms in total. The summed E-state index contributed by atoms with van der Waals surface area (Å²) in [5, 5.41) is 14.4. The highest BCUT2D eigenvalue weighted by atomic mass is 16.6. The highest BCUT2D eigenvalue weighted by molar-refractivity contribution is 5.93. The second kappa shape index (κ2) is 7.14. The van der Waals surface area contributed by atoms with E-state index in [-0.39, 0.29) is 18.1 Å². The molecule has 26 heavy (non-hydrogen) atoms. The van der Waals surface area contributed by atoms with Crippen LogP contribution in [0.15, 0.2) is 48.7 Å². The van der Waals surface area contributed by atoms with Crippen LogP contribution in [-0.4, -0.2) is 29.6 Å². The fourth-order valence-corrected chi connectivity index (χ4v) is 2.71. The van der Waals surface area contributed by atoms with Gasteiger partial charge in [-0.05, 0) is 12.1 Å². The van der Waals surface area contributed by atoms with Crippen molar-refractivity contribution < 1.29 is 19.2 Å². The number of nitrogens with one attached hydrogen (secondary N) is 1. The largest absolute Gasteiger partial charge is 0.497 e. The predicted octanol–water partition coefficient (Wildman–Crippen LogP) is 3.21. The summed E-state index contributed by atoms with van der Waals surface area (Å²) in [5.74, 6) is 0.968. The third-order valence-corrected chi connectivity index (χ3v) is 3.93. The smallest absolute Gasteiger partial charge is 0.271 e. The summed E-state index contributed by atoms with van der Waals surface area (Å²) in [5.41, 5.74) is 1.08. The van der Waals surface area contributed by atoms with Crippen LogP contribution in [-0.2, 0) is 11.3 Å². The van der Waals surface area contributed by atoms with Gasteiger partial charge in [-0.15, -0.1) is 0 Å². The van der Waals surface area contributed by atoms with E-state index in [4.69, 9.17) is 9.47 Å². The Kier molecular flexibility index (Phi) is 4.74. The molecule has 0 fully saturated rings. The van der Waals surface area contributed by atoms with Gasteiger partial charge in [-0.2, -0.15) is 0 Å². The van der Waals surface area contributed by atoms with Crippen LogP contribution < -0.4 is 14.8 Å². The summed E-state index contributed by atoms with van der Waals surface area (Å²) < 4.78 is 12.4. The van der Waals surface area contributed by atoms with E-state index in [2.05, 4.69) is 5.32 Å². The molecule has 0 aliphatic carbocycles. The van der Waals surface area contributed by atoms with E-state index in [1.165, 1.54) is 18.2 Å². The van der Waals surface area contributed by atoms with E-state index in [0.717, 1.165) is 10.9 Å². The van der Waals surface area contributed by atoms with Gasteiger partial charge in [-0.3, -0.25) is 14.9 Å². The van der Waals surface area contributed by atoms with Crippen molar-refractivity contribution in [2.75, 3.05) is 19.5 Å². The zero-order chi connectivity index (χ0) is 18.7. The normalized spacial score (nSPS) is 10.5. The molecule has 0 atom stereocenters. The Morgan fingerprint density at radius 2 is 2.00 bits per heavy atom. The third-order valence-electron chi connectivity index (χ3n) is 3.93. The average molecular weight is 355 g/mol. The number of hydrogen-bond donors (Lipinski definition) is 1. The number of non-ortho nitro benzene ring substituents is 1. The van der Waals surface area contributed by atoms with Gasteiger partial charge < -0.3 is 19.4 Å². The molecule has 1 heterocycles. The average Bonchev–Trinajstić information content (AvgIpc) is 3.03. The number of benzene rings is 2. The van der Waals surface area contributed by atoms with Crippen LogP contribution in [0.4, 0.5) is 11.4 Å². The summed E-state index contributed by atoms with van der Waals surface area (Å²) in [4.78, 5) is 22.7. The zero-order valence-corrected chi connectivity index (χ0v) is 14.3. The SMILES string of the molecule is COc1cc(OC)c2ccn(CC(=O)Nc3cccc([N+](=O)[O-])c3)c2c1. The lowest BCUT2D eigenvalue weighted by Gasteiger charge is -2.10. The summed E-state index contributed by atoms with van der Waals surface area (Å²) in [6.45, 7) is 0.0442. The minimum atomic E-state index is -0.506. The number of aromatic nitrogens is 1.